The van der Waals surface area contributed by atoms with Gasteiger partial charge in [-0.15, -0.1) is 11.3 Å². The molecular formula is C12H8ClN3OS2. The normalized spacial score (nSPS) is 10.6. The van der Waals surface area contributed by atoms with Gasteiger partial charge in [-0.25, -0.2) is 4.98 Å². The Labute approximate surface area is 122 Å². The fraction of sp³-hybridized carbons (Fsp3) is 0. The maximum atomic E-state index is 11.7. The minimum absolute atomic E-state index is 0.180. The molecule has 0 unspecified atom stereocenters. The number of rotatable bonds is 3. The average Bonchev–Trinajstić information content (AvgIpc) is 3.05. The third-order valence-electron chi connectivity index (χ3n) is 2.40. The number of nitrogens with one attached hydrogen (secondary N) is 2. The van der Waals surface area contributed by atoms with Gasteiger partial charge in [0, 0.05) is 0 Å². The molecule has 0 aliphatic rings. The number of thiazole rings is 1. The quantitative estimate of drug-likeness (QED) is 0.724. The van der Waals surface area contributed by atoms with Crippen LogP contribution < -0.4 is 10.9 Å². The van der Waals surface area contributed by atoms with E-state index < -0.39 is 0 Å². The highest BCUT2D eigenvalue weighted by molar-refractivity contribution is 7.22. The molecule has 0 atom stereocenters. The van der Waals surface area contributed by atoms with E-state index >= 15 is 0 Å². The molecular weight excluding hydrogens is 302 g/mol. The minimum atomic E-state index is -0.180. The predicted molar refractivity (Wildman–Crippen MR) is 80.0 cm³/mol. The summed E-state index contributed by atoms with van der Waals surface area (Å²) in [5.74, 6) is -0.180. The topological polar surface area (TPSA) is 54.0 Å². The van der Waals surface area contributed by atoms with Crippen LogP contribution in [0.15, 0.2) is 35.7 Å². The van der Waals surface area contributed by atoms with Crippen molar-refractivity contribution in [2.75, 3.05) is 5.43 Å². The van der Waals surface area contributed by atoms with Crippen LogP contribution in [-0.2, 0) is 0 Å². The summed E-state index contributed by atoms with van der Waals surface area (Å²) in [7, 11) is 0. The number of nitrogens with zero attached hydrogens (tertiary/aromatic N) is 1. The highest BCUT2D eigenvalue weighted by Crippen LogP contribution is 2.30. The Morgan fingerprint density at radius 1 is 1.26 bits per heavy atom. The number of fused-ring (bicyclic) bond motifs is 1. The number of thiophene rings is 1. The summed E-state index contributed by atoms with van der Waals surface area (Å²) in [5.41, 5.74) is 6.15. The van der Waals surface area contributed by atoms with Crippen LogP contribution in [0.1, 0.15) is 9.67 Å². The van der Waals surface area contributed by atoms with Crippen LogP contribution >= 0.6 is 34.3 Å². The van der Waals surface area contributed by atoms with Crippen molar-refractivity contribution in [1.29, 1.82) is 0 Å². The number of anilines is 1. The molecule has 0 aliphatic heterocycles. The van der Waals surface area contributed by atoms with E-state index in [0.29, 0.717) is 15.0 Å². The van der Waals surface area contributed by atoms with E-state index in [9.17, 15) is 4.79 Å². The van der Waals surface area contributed by atoms with Crippen LogP contribution in [-0.4, -0.2) is 10.9 Å². The summed E-state index contributed by atoms with van der Waals surface area (Å²) in [6.45, 7) is 0. The number of para-hydroxylation sites is 1. The van der Waals surface area contributed by atoms with E-state index in [1.54, 1.807) is 12.1 Å². The molecule has 2 aromatic heterocycles. The SMILES string of the molecule is O=C(NNc1nc2c(Cl)cccc2s1)c1cccs1. The number of carbonyl (C=O) groups excluding carboxylic acids is 1. The highest BCUT2D eigenvalue weighted by atomic mass is 35.5. The number of aromatic nitrogens is 1. The van der Waals surface area contributed by atoms with E-state index in [1.807, 2.05) is 23.6 Å². The summed E-state index contributed by atoms with van der Waals surface area (Å²) < 4.78 is 0.973. The molecule has 0 saturated heterocycles. The van der Waals surface area contributed by atoms with Crippen LogP contribution in [0, 0.1) is 0 Å². The molecule has 2 N–H and O–H groups in total. The molecule has 7 heteroatoms. The third-order valence-corrected chi connectivity index (χ3v) is 4.51. The van der Waals surface area contributed by atoms with Crippen molar-refractivity contribution in [3.05, 3.63) is 45.6 Å². The number of carbonyl (C=O) groups is 1. The maximum Gasteiger partial charge on any atom is 0.279 e. The molecule has 0 spiro atoms. The maximum absolute atomic E-state index is 11.7. The van der Waals surface area contributed by atoms with Crippen LogP contribution in [0.25, 0.3) is 10.2 Å². The van der Waals surface area contributed by atoms with Gasteiger partial charge < -0.3 is 0 Å². The molecule has 0 fully saturated rings. The molecule has 1 aromatic carbocycles. The zero-order chi connectivity index (χ0) is 13.2. The van der Waals surface area contributed by atoms with Gasteiger partial charge in [-0.05, 0) is 23.6 Å². The Kier molecular flexibility index (Phi) is 3.37. The lowest BCUT2D eigenvalue weighted by Crippen LogP contribution is -2.28. The lowest BCUT2D eigenvalue weighted by Gasteiger charge is -2.02. The first-order valence-electron chi connectivity index (χ1n) is 5.39. The lowest BCUT2D eigenvalue weighted by molar-refractivity contribution is 0.0966. The summed E-state index contributed by atoms with van der Waals surface area (Å²) in [5, 5.41) is 3.06. The predicted octanol–water partition coefficient (Wildman–Crippen LogP) is 3.77. The Hall–Kier alpha value is -1.63. The number of hydrogen-bond donors (Lipinski definition) is 2. The van der Waals surface area contributed by atoms with E-state index in [0.717, 1.165) is 10.2 Å². The average molecular weight is 310 g/mol. The zero-order valence-corrected chi connectivity index (χ0v) is 11.9. The number of halogens is 1. The molecule has 96 valence electrons. The molecule has 3 aromatic rings. The summed E-state index contributed by atoms with van der Waals surface area (Å²) in [6.07, 6.45) is 0. The standard InChI is InChI=1S/C12H8ClN3OS2/c13-7-3-1-4-8-10(7)14-12(19-8)16-15-11(17)9-5-2-6-18-9/h1-6H,(H,14,16)(H,15,17). The van der Waals surface area contributed by atoms with E-state index in [4.69, 9.17) is 11.6 Å². The van der Waals surface area contributed by atoms with E-state index in [2.05, 4.69) is 15.8 Å². The van der Waals surface area contributed by atoms with Gasteiger partial charge in [0.15, 0.2) is 0 Å². The Morgan fingerprint density at radius 3 is 2.89 bits per heavy atom. The van der Waals surface area contributed by atoms with Gasteiger partial charge in [0.05, 0.1) is 14.6 Å². The van der Waals surface area contributed by atoms with Crippen molar-refractivity contribution in [1.82, 2.24) is 10.4 Å². The fourth-order valence-electron chi connectivity index (χ4n) is 1.55. The van der Waals surface area contributed by atoms with Gasteiger partial charge in [-0.3, -0.25) is 15.6 Å². The van der Waals surface area contributed by atoms with Crippen molar-refractivity contribution >= 4 is 55.5 Å². The van der Waals surface area contributed by atoms with Gasteiger partial charge in [-0.2, -0.15) is 0 Å². The van der Waals surface area contributed by atoms with Crippen molar-refractivity contribution in [3.8, 4) is 0 Å². The number of benzene rings is 1. The Balaban J connectivity index is 1.75. The van der Waals surface area contributed by atoms with E-state index in [1.165, 1.54) is 22.7 Å². The number of hydrazine groups is 1. The molecule has 2 heterocycles. The number of amides is 1. The van der Waals surface area contributed by atoms with Gasteiger partial charge >= 0.3 is 0 Å². The van der Waals surface area contributed by atoms with Crippen LogP contribution in [0.2, 0.25) is 5.02 Å². The van der Waals surface area contributed by atoms with E-state index in [-0.39, 0.29) is 5.91 Å². The molecule has 0 saturated carbocycles. The molecule has 0 aliphatic carbocycles. The zero-order valence-electron chi connectivity index (χ0n) is 9.51. The van der Waals surface area contributed by atoms with Crippen LogP contribution in [0.5, 0.6) is 0 Å². The second-order valence-corrected chi connectivity index (χ2v) is 6.05. The summed E-state index contributed by atoms with van der Waals surface area (Å²) in [4.78, 5) is 16.7. The first kappa shape index (κ1) is 12.4. The fourth-order valence-corrected chi connectivity index (χ4v) is 3.29. The molecule has 0 bridgehead atoms. The Bertz CT molecular complexity index is 724. The molecule has 4 nitrogen and oxygen atoms in total. The minimum Gasteiger partial charge on any atom is -0.273 e. The smallest absolute Gasteiger partial charge is 0.273 e. The lowest BCUT2D eigenvalue weighted by atomic mass is 10.3. The summed E-state index contributed by atoms with van der Waals surface area (Å²) in [6, 6.07) is 9.19. The summed E-state index contributed by atoms with van der Waals surface area (Å²) >= 11 is 8.86. The Morgan fingerprint density at radius 2 is 2.16 bits per heavy atom. The first-order chi connectivity index (χ1) is 9.24. The van der Waals surface area contributed by atoms with Gasteiger partial charge in [0.2, 0.25) is 5.13 Å². The molecule has 3 rings (SSSR count). The highest BCUT2D eigenvalue weighted by Gasteiger charge is 2.09. The van der Waals surface area contributed by atoms with Gasteiger partial charge in [-0.1, -0.05) is 35.1 Å². The van der Waals surface area contributed by atoms with Crippen molar-refractivity contribution in [2.24, 2.45) is 0 Å². The molecule has 19 heavy (non-hydrogen) atoms. The van der Waals surface area contributed by atoms with Crippen molar-refractivity contribution < 1.29 is 4.79 Å². The van der Waals surface area contributed by atoms with Gasteiger partial charge in [0.25, 0.3) is 5.91 Å². The largest absolute Gasteiger partial charge is 0.279 e. The van der Waals surface area contributed by atoms with Gasteiger partial charge in [0.1, 0.15) is 5.52 Å². The molecule has 0 radical (unpaired) electrons. The number of hydrogen-bond acceptors (Lipinski definition) is 5. The van der Waals surface area contributed by atoms with Crippen molar-refractivity contribution in [3.63, 3.8) is 0 Å². The second-order valence-electron chi connectivity index (χ2n) is 3.66. The monoisotopic (exact) mass is 309 g/mol. The van der Waals surface area contributed by atoms with Crippen LogP contribution in [0.3, 0.4) is 0 Å². The first-order valence-corrected chi connectivity index (χ1v) is 7.46. The van der Waals surface area contributed by atoms with Crippen LogP contribution in [0.4, 0.5) is 5.13 Å². The third kappa shape index (κ3) is 2.56. The van der Waals surface area contributed by atoms with Crippen molar-refractivity contribution in [2.45, 2.75) is 0 Å². The second kappa shape index (κ2) is 5.16. The molecule has 1 amide bonds.